The van der Waals surface area contributed by atoms with Crippen LogP contribution in [-0.4, -0.2) is 45.0 Å². The van der Waals surface area contributed by atoms with Crippen molar-refractivity contribution in [2.24, 2.45) is 0 Å². The molecule has 0 amide bonds. The van der Waals surface area contributed by atoms with Crippen LogP contribution in [0.2, 0.25) is 0 Å². The van der Waals surface area contributed by atoms with Crippen LogP contribution in [-0.2, 0) is 21.1 Å². The first-order chi connectivity index (χ1) is 8.42. The number of hydrogen-bond acceptors (Lipinski definition) is 5. The second-order valence-electron chi connectivity index (χ2n) is 4.05. The standard InChI is InChI=1S/C11H18N2O4S/c1-17-11(14)10-5-4-9(13-10)8-12-6-3-7-18(2,15)16/h4-5,12-13H,3,6-8H2,1-2H3. The first-order valence-corrected chi connectivity index (χ1v) is 7.63. The van der Waals surface area contributed by atoms with Crippen molar-refractivity contribution in [3.63, 3.8) is 0 Å². The van der Waals surface area contributed by atoms with Gasteiger partial charge in [-0.15, -0.1) is 0 Å². The van der Waals surface area contributed by atoms with Gasteiger partial charge in [-0.25, -0.2) is 13.2 Å². The lowest BCUT2D eigenvalue weighted by molar-refractivity contribution is 0.0594. The molecule has 0 atom stereocenters. The van der Waals surface area contributed by atoms with Crippen molar-refractivity contribution in [2.45, 2.75) is 13.0 Å². The molecule has 1 aromatic rings. The molecule has 1 heterocycles. The highest BCUT2D eigenvalue weighted by Crippen LogP contribution is 2.03. The summed E-state index contributed by atoms with van der Waals surface area (Å²) in [6, 6.07) is 3.44. The summed E-state index contributed by atoms with van der Waals surface area (Å²) in [7, 11) is -1.56. The Kier molecular flexibility index (Phi) is 5.36. The van der Waals surface area contributed by atoms with Gasteiger partial charge in [-0.1, -0.05) is 0 Å². The van der Waals surface area contributed by atoms with Gasteiger partial charge in [0.05, 0.1) is 12.9 Å². The summed E-state index contributed by atoms with van der Waals surface area (Å²) in [6.07, 6.45) is 1.80. The summed E-state index contributed by atoms with van der Waals surface area (Å²) in [4.78, 5) is 14.1. The van der Waals surface area contributed by atoms with Crippen molar-refractivity contribution < 1.29 is 17.9 Å². The van der Waals surface area contributed by atoms with Crippen molar-refractivity contribution >= 4 is 15.8 Å². The van der Waals surface area contributed by atoms with Crippen LogP contribution in [0.15, 0.2) is 12.1 Å². The van der Waals surface area contributed by atoms with Gasteiger partial charge in [0.15, 0.2) is 0 Å². The minimum absolute atomic E-state index is 0.179. The zero-order valence-electron chi connectivity index (χ0n) is 10.5. The van der Waals surface area contributed by atoms with Crippen LogP contribution in [0.5, 0.6) is 0 Å². The first-order valence-electron chi connectivity index (χ1n) is 5.57. The number of methoxy groups -OCH3 is 1. The van der Waals surface area contributed by atoms with Crippen molar-refractivity contribution in [1.82, 2.24) is 10.3 Å². The average molecular weight is 274 g/mol. The highest BCUT2D eigenvalue weighted by molar-refractivity contribution is 7.90. The normalized spacial score (nSPS) is 11.4. The average Bonchev–Trinajstić information content (AvgIpc) is 2.75. The lowest BCUT2D eigenvalue weighted by Crippen LogP contribution is -2.18. The van der Waals surface area contributed by atoms with Crippen LogP contribution in [0.4, 0.5) is 0 Å². The van der Waals surface area contributed by atoms with E-state index in [9.17, 15) is 13.2 Å². The van der Waals surface area contributed by atoms with E-state index in [0.29, 0.717) is 25.2 Å². The highest BCUT2D eigenvalue weighted by Gasteiger charge is 2.07. The summed E-state index contributed by atoms with van der Waals surface area (Å²) in [5.74, 6) is -0.226. The van der Waals surface area contributed by atoms with Gasteiger partial charge in [0.25, 0.3) is 0 Å². The van der Waals surface area contributed by atoms with E-state index >= 15 is 0 Å². The fourth-order valence-electron chi connectivity index (χ4n) is 1.45. The number of aromatic nitrogens is 1. The van der Waals surface area contributed by atoms with E-state index in [2.05, 4.69) is 15.0 Å². The Labute approximate surface area is 107 Å². The number of aromatic amines is 1. The second kappa shape index (κ2) is 6.55. The van der Waals surface area contributed by atoms with Gasteiger partial charge < -0.3 is 15.0 Å². The van der Waals surface area contributed by atoms with Crippen LogP contribution >= 0.6 is 0 Å². The SMILES string of the molecule is COC(=O)c1ccc(CNCCCS(C)(=O)=O)[nH]1. The van der Waals surface area contributed by atoms with Crippen LogP contribution in [0.1, 0.15) is 22.6 Å². The molecule has 0 radical (unpaired) electrons. The third-order valence-electron chi connectivity index (χ3n) is 2.34. The van der Waals surface area contributed by atoms with Gasteiger partial charge >= 0.3 is 5.97 Å². The molecule has 0 aliphatic carbocycles. The Morgan fingerprint density at radius 1 is 1.44 bits per heavy atom. The van der Waals surface area contributed by atoms with E-state index in [1.54, 1.807) is 12.1 Å². The number of nitrogens with one attached hydrogen (secondary N) is 2. The number of H-pyrrole nitrogens is 1. The van der Waals surface area contributed by atoms with Crippen molar-refractivity contribution in [2.75, 3.05) is 25.7 Å². The Bertz CT molecular complexity index is 493. The fraction of sp³-hybridized carbons (Fsp3) is 0.545. The van der Waals surface area contributed by atoms with E-state index < -0.39 is 15.8 Å². The molecule has 18 heavy (non-hydrogen) atoms. The third-order valence-corrected chi connectivity index (χ3v) is 3.37. The Morgan fingerprint density at radius 3 is 2.78 bits per heavy atom. The fourth-order valence-corrected chi connectivity index (χ4v) is 2.12. The molecule has 0 unspecified atom stereocenters. The second-order valence-corrected chi connectivity index (χ2v) is 6.31. The monoisotopic (exact) mass is 274 g/mol. The molecular weight excluding hydrogens is 256 g/mol. The molecule has 102 valence electrons. The predicted octanol–water partition coefficient (Wildman–Crippen LogP) is 0.326. The number of carbonyl (C=O) groups excluding carboxylic acids is 1. The largest absolute Gasteiger partial charge is 0.464 e. The Balaban J connectivity index is 2.28. The summed E-state index contributed by atoms with van der Waals surface area (Å²) >= 11 is 0. The minimum Gasteiger partial charge on any atom is -0.464 e. The molecule has 1 rings (SSSR count). The number of carbonyl (C=O) groups is 1. The summed E-state index contributed by atoms with van der Waals surface area (Å²) < 4.78 is 26.4. The lowest BCUT2D eigenvalue weighted by Gasteiger charge is -2.02. The molecule has 0 bridgehead atoms. The van der Waals surface area contributed by atoms with Crippen molar-refractivity contribution in [3.8, 4) is 0 Å². The van der Waals surface area contributed by atoms with Gasteiger partial charge in [0.2, 0.25) is 0 Å². The minimum atomic E-state index is -2.89. The maximum absolute atomic E-state index is 11.2. The van der Waals surface area contributed by atoms with E-state index in [1.165, 1.54) is 13.4 Å². The van der Waals surface area contributed by atoms with Crippen LogP contribution in [0.3, 0.4) is 0 Å². The van der Waals surface area contributed by atoms with Crippen LogP contribution < -0.4 is 5.32 Å². The molecule has 0 aliphatic rings. The van der Waals surface area contributed by atoms with E-state index in [4.69, 9.17) is 0 Å². The van der Waals surface area contributed by atoms with Crippen molar-refractivity contribution in [3.05, 3.63) is 23.5 Å². The van der Waals surface area contributed by atoms with Gasteiger partial charge in [-0.2, -0.15) is 0 Å². The molecule has 0 saturated heterocycles. The number of ether oxygens (including phenoxy) is 1. The van der Waals surface area contributed by atoms with E-state index in [-0.39, 0.29) is 5.75 Å². The Hall–Kier alpha value is -1.34. The van der Waals surface area contributed by atoms with Gasteiger partial charge in [-0.05, 0) is 25.1 Å². The zero-order chi connectivity index (χ0) is 13.6. The van der Waals surface area contributed by atoms with E-state index in [0.717, 1.165) is 5.69 Å². The first kappa shape index (κ1) is 14.7. The Morgan fingerprint density at radius 2 is 2.17 bits per heavy atom. The molecular formula is C11H18N2O4S. The molecule has 0 spiro atoms. The third kappa shape index (κ3) is 5.33. The smallest absolute Gasteiger partial charge is 0.354 e. The maximum atomic E-state index is 11.2. The molecule has 0 fully saturated rings. The predicted molar refractivity (Wildman–Crippen MR) is 68.2 cm³/mol. The topological polar surface area (TPSA) is 88.3 Å². The maximum Gasteiger partial charge on any atom is 0.354 e. The summed E-state index contributed by atoms with van der Waals surface area (Å²) in [6.45, 7) is 1.17. The van der Waals surface area contributed by atoms with Gasteiger partial charge in [-0.3, -0.25) is 0 Å². The molecule has 7 heteroatoms. The van der Waals surface area contributed by atoms with Gasteiger partial charge in [0.1, 0.15) is 15.5 Å². The van der Waals surface area contributed by atoms with E-state index in [1.807, 2.05) is 0 Å². The number of sulfone groups is 1. The van der Waals surface area contributed by atoms with Crippen molar-refractivity contribution in [1.29, 1.82) is 0 Å². The molecule has 0 aromatic carbocycles. The summed E-state index contributed by atoms with van der Waals surface area (Å²) in [5.41, 5.74) is 1.26. The molecule has 1 aromatic heterocycles. The molecule has 0 aliphatic heterocycles. The zero-order valence-corrected chi connectivity index (χ0v) is 11.3. The van der Waals surface area contributed by atoms with Crippen LogP contribution in [0, 0.1) is 0 Å². The van der Waals surface area contributed by atoms with Crippen LogP contribution in [0.25, 0.3) is 0 Å². The molecule has 6 nitrogen and oxygen atoms in total. The number of rotatable bonds is 7. The van der Waals surface area contributed by atoms with Gasteiger partial charge in [0, 0.05) is 18.5 Å². The quantitative estimate of drug-likeness (QED) is 0.552. The molecule has 0 saturated carbocycles. The highest BCUT2D eigenvalue weighted by atomic mass is 32.2. The molecule has 2 N–H and O–H groups in total. The summed E-state index contributed by atoms with van der Waals surface area (Å²) in [5, 5.41) is 3.10. The lowest BCUT2D eigenvalue weighted by atomic mass is 10.4. The number of hydrogen-bond donors (Lipinski definition) is 2. The number of esters is 1.